The van der Waals surface area contributed by atoms with Crippen LogP contribution in [0.4, 0.5) is 14.6 Å². The fourth-order valence-electron chi connectivity index (χ4n) is 2.50. The van der Waals surface area contributed by atoms with Gasteiger partial charge in [0.15, 0.2) is 17.5 Å². The molecule has 24 heavy (non-hydrogen) atoms. The molecule has 1 aromatic carbocycles. The SMILES string of the molecule is Cc1ccc(N2CCN(S(=O)(=O)c3ccc(F)c(F)c3)CC2)nn1. The number of hydrogen-bond acceptors (Lipinski definition) is 5. The number of benzene rings is 1. The number of hydrogen-bond donors (Lipinski definition) is 0. The van der Waals surface area contributed by atoms with Gasteiger partial charge in [0.05, 0.1) is 10.6 Å². The van der Waals surface area contributed by atoms with Gasteiger partial charge in [-0.25, -0.2) is 17.2 Å². The number of rotatable bonds is 3. The van der Waals surface area contributed by atoms with Crippen molar-refractivity contribution in [1.29, 1.82) is 0 Å². The van der Waals surface area contributed by atoms with Gasteiger partial charge in [-0.1, -0.05) is 0 Å². The van der Waals surface area contributed by atoms with Crippen molar-refractivity contribution in [1.82, 2.24) is 14.5 Å². The van der Waals surface area contributed by atoms with Crippen LogP contribution >= 0.6 is 0 Å². The summed E-state index contributed by atoms with van der Waals surface area (Å²) in [6.07, 6.45) is 0. The molecule has 1 aliphatic heterocycles. The molecule has 0 spiro atoms. The lowest BCUT2D eigenvalue weighted by molar-refractivity contribution is 0.383. The maximum absolute atomic E-state index is 13.3. The Balaban J connectivity index is 1.73. The van der Waals surface area contributed by atoms with E-state index in [1.807, 2.05) is 24.0 Å². The number of halogens is 2. The van der Waals surface area contributed by atoms with Crippen LogP contribution in [0.3, 0.4) is 0 Å². The zero-order valence-corrected chi connectivity index (χ0v) is 13.8. The zero-order chi connectivity index (χ0) is 17.3. The first kappa shape index (κ1) is 16.7. The molecule has 0 saturated carbocycles. The number of aromatic nitrogens is 2. The summed E-state index contributed by atoms with van der Waals surface area (Å²) in [7, 11) is -3.85. The molecular formula is C15H16F2N4O2S. The van der Waals surface area contributed by atoms with Gasteiger partial charge in [0, 0.05) is 26.2 Å². The topological polar surface area (TPSA) is 66.4 Å². The van der Waals surface area contributed by atoms with Crippen molar-refractivity contribution in [3.05, 3.63) is 47.7 Å². The van der Waals surface area contributed by atoms with Gasteiger partial charge in [-0.3, -0.25) is 0 Å². The Morgan fingerprint density at radius 3 is 2.25 bits per heavy atom. The van der Waals surface area contributed by atoms with Crippen LogP contribution in [0.5, 0.6) is 0 Å². The number of piperazine rings is 1. The molecule has 0 aliphatic carbocycles. The van der Waals surface area contributed by atoms with Gasteiger partial charge in [0.25, 0.3) is 0 Å². The van der Waals surface area contributed by atoms with Gasteiger partial charge in [0.1, 0.15) is 0 Å². The molecule has 0 amide bonds. The van der Waals surface area contributed by atoms with Crippen molar-refractivity contribution in [2.45, 2.75) is 11.8 Å². The summed E-state index contributed by atoms with van der Waals surface area (Å²) >= 11 is 0. The Kier molecular flexibility index (Phi) is 4.46. The standard InChI is InChI=1S/C15H16F2N4O2S/c1-11-2-5-15(19-18-11)20-6-8-21(9-7-20)24(22,23)12-3-4-13(16)14(17)10-12/h2-5,10H,6-9H2,1H3. The van der Waals surface area contributed by atoms with Gasteiger partial charge in [0.2, 0.25) is 10.0 Å². The summed E-state index contributed by atoms with van der Waals surface area (Å²) < 4.78 is 52.6. The summed E-state index contributed by atoms with van der Waals surface area (Å²) in [5.41, 5.74) is 0.804. The Labute approximate surface area is 138 Å². The van der Waals surface area contributed by atoms with Gasteiger partial charge in [-0.05, 0) is 37.3 Å². The van der Waals surface area contributed by atoms with E-state index >= 15 is 0 Å². The Hall–Kier alpha value is -2.13. The molecule has 0 N–H and O–H groups in total. The molecule has 1 aromatic heterocycles. The minimum Gasteiger partial charge on any atom is -0.352 e. The Bertz CT molecular complexity index is 835. The third kappa shape index (κ3) is 3.22. The van der Waals surface area contributed by atoms with E-state index in [4.69, 9.17) is 0 Å². The fraction of sp³-hybridized carbons (Fsp3) is 0.333. The summed E-state index contributed by atoms with van der Waals surface area (Å²) in [5.74, 6) is -1.56. The highest BCUT2D eigenvalue weighted by atomic mass is 32.2. The Morgan fingerprint density at radius 1 is 0.958 bits per heavy atom. The second kappa shape index (κ2) is 6.40. The van der Waals surface area contributed by atoms with E-state index in [1.54, 1.807) is 0 Å². The van der Waals surface area contributed by atoms with E-state index in [0.717, 1.165) is 17.8 Å². The molecule has 0 atom stereocenters. The van der Waals surface area contributed by atoms with E-state index in [0.29, 0.717) is 25.0 Å². The smallest absolute Gasteiger partial charge is 0.243 e. The first-order valence-electron chi connectivity index (χ1n) is 7.38. The summed E-state index contributed by atoms with van der Waals surface area (Å²) in [4.78, 5) is 1.69. The molecule has 3 rings (SSSR count). The van der Waals surface area contributed by atoms with Crippen molar-refractivity contribution in [2.75, 3.05) is 31.1 Å². The number of anilines is 1. The third-order valence-electron chi connectivity index (χ3n) is 3.88. The van der Waals surface area contributed by atoms with Gasteiger partial charge in [-0.15, -0.1) is 5.10 Å². The minimum atomic E-state index is -3.85. The van der Waals surface area contributed by atoms with Gasteiger partial charge >= 0.3 is 0 Å². The molecule has 2 heterocycles. The van der Waals surface area contributed by atoms with Crippen LogP contribution in [-0.4, -0.2) is 49.1 Å². The number of sulfonamides is 1. The Morgan fingerprint density at radius 2 is 1.67 bits per heavy atom. The maximum Gasteiger partial charge on any atom is 0.243 e. The lowest BCUT2D eigenvalue weighted by atomic mass is 10.3. The molecule has 0 bridgehead atoms. The van der Waals surface area contributed by atoms with Gasteiger partial charge in [-0.2, -0.15) is 9.40 Å². The van der Waals surface area contributed by atoms with E-state index in [9.17, 15) is 17.2 Å². The van der Waals surface area contributed by atoms with E-state index in [2.05, 4.69) is 10.2 Å². The third-order valence-corrected chi connectivity index (χ3v) is 5.77. The van der Waals surface area contributed by atoms with Crippen LogP contribution in [0.2, 0.25) is 0 Å². The van der Waals surface area contributed by atoms with Crippen molar-refractivity contribution in [3.8, 4) is 0 Å². The molecule has 128 valence electrons. The highest BCUT2D eigenvalue weighted by Crippen LogP contribution is 2.21. The number of aryl methyl sites for hydroxylation is 1. The van der Waals surface area contributed by atoms with Crippen LogP contribution in [-0.2, 0) is 10.0 Å². The summed E-state index contributed by atoms with van der Waals surface area (Å²) in [6.45, 7) is 3.19. The van der Waals surface area contributed by atoms with Crippen LogP contribution in [0, 0.1) is 18.6 Å². The van der Waals surface area contributed by atoms with E-state index < -0.39 is 21.7 Å². The molecule has 1 saturated heterocycles. The fourth-order valence-corrected chi connectivity index (χ4v) is 3.94. The van der Waals surface area contributed by atoms with Crippen LogP contribution in [0.15, 0.2) is 35.2 Å². The van der Waals surface area contributed by atoms with E-state index in [-0.39, 0.29) is 18.0 Å². The highest BCUT2D eigenvalue weighted by molar-refractivity contribution is 7.89. The second-order valence-corrected chi connectivity index (χ2v) is 7.44. The second-order valence-electron chi connectivity index (χ2n) is 5.50. The molecule has 9 heteroatoms. The lowest BCUT2D eigenvalue weighted by Gasteiger charge is -2.34. The monoisotopic (exact) mass is 354 g/mol. The highest BCUT2D eigenvalue weighted by Gasteiger charge is 2.29. The molecule has 0 radical (unpaired) electrons. The normalized spacial score (nSPS) is 16.4. The maximum atomic E-state index is 13.3. The van der Waals surface area contributed by atoms with Crippen molar-refractivity contribution in [3.63, 3.8) is 0 Å². The summed E-state index contributed by atoms with van der Waals surface area (Å²) in [6, 6.07) is 6.28. The van der Waals surface area contributed by atoms with Crippen LogP contribution in [0.25, 0.3) is 0 Å². The summed E-state index contributed by atoms with van der Waals surface area (Å²) in [5, 5.41) is 8.07. The van der Waals surface area contributed by atoms with Crippen molar-refractivity contribution >= 4 is 15.8 Å². The van der Waals surface area contributed by atoms with Gasteiger partial charge < -0.3 is 4.90 Å². The lowest BCUT2D eigenvalue weighted by Crippen LogP contribution is -2.49. The molecule has 1 fully saturated rings. The predicted octanol–water partition coefficient (Wildman–Crippen LogP) is 1.57. The van der Waals surface area contributed by atoms with Crippen LogP contribution < -0.4 is 4.90 Å². The molecule has 1 aliphatic rings. The number of nitrogens with zero attached hydrogens (tertiary/aromatic N) is 4. The molecule has 0 unspecified atom stereocenters. The first-order chi connectivity index (χ1) is 11.4. The largest absolute Gasteiger partial charge is 0.352 e. The first-order valence-corrected chi connectivity index (χ1v) is 8.82. The molecule has 6 nitrogen and oxygen atoms in total. The minimum absolute atomic E-state index is 0.233. The quantitative estimate of drug-likeness (QED) is 0.837. The average Bonchev–Trinajstić information content (AvgIpc) is 2.58. The van der Waals surface area contributed by atoms with Crippen LogP contribution in [0.1, 0.15) is 5.69 Å². The zero-order valence-electron chi connectivity index (χ0n) is 13.0. The predicted molar refractivity (Wildman–Crippen MR) is 84.1 cm³/mol. The molecular weight excluding hydrogens is 338 g/mol. The van der Waals surface area contributed by atoms with Crippen molar-refractivity contribution < 1.29 is 17.2 Å². The average molecular weight is 354 g/mol. The van der Waals surface area contributed by atoms with Crippen molar-refractivity contribution in [2.24, 2.45) is 0 Å². The molecule has 2 aromatic rings. The van der Waals surface area contributed by atoms with E-state index in [1.165, 1.54) is 4.31 Å².